The summed E-state index contributed by atoms with van der Waals surface area (Å²) in [6.07, 6.45) is 6.05. The lowest BCUT2D eigenvalue weighted by Gasteiger charge is -2.22. The summed E-state index contributed by atoms with van der Waals surface area (Å²) in [5.74, 6) is 3.07. The predicted octanol–water partition coefficient (Wildman–Crippen LogP) is 3.66. The normalized spacial score (nSPS) is 16.6. The maximum atomic E-state index is 5.46. The molecule has 1 unspecified atom stereocenters. The largest absolute Gasteiger partial charge is 0.497 e. The first-order valence-corrected chi connectivity index (χ1v) is 11.3. The molecule has 3 heterocycles. The van der Waals surface area contributed by atoms with Crippen molar-refractivity contribution in [1.29, 1.82) is 0 Å². The van der Waals surface area contributed by atoms with Gasteiger partial charge < -0.3 is 24.1 Å². The second-order valence-corrected chi connectivity index (χ2v) is 8.22. The van der Waals surface area contributed by atoms with Crippen LogP contribution in [-0.4, -0.2) is 60.6 Å². The standard InChI is InChI=1S/C25H33N5O2/c1-5-26-25(27-10-8-21-17-29-11-6-7-18(2)24(29)28-21)30-12-9-19(16-30)20-13-22(31-3)15-23(14-20)32-4/h6-7,11,13-15,17,19H,5,8-10,12,16H2,1-4H3,(H,26,27). The van der Waals surface area contributed by atoms with Crippen LogP contribution in [0.25, 0.3) is 5.65 Å². The van der Waals surface area contributed by atoms with Crippen LogP contribution in [0.15, 0.2) is 47.7 Å². The van der Waals surface area contributed by atoms with Gasteiger partial charge in [-0.2, -0.15) is 0 Å². The number of guanidine groups is 1. The summed E-state index contributed by atoms with van der Waals surface area (Å²) >= 11 is 0. The molecule has 1 aromatic carbocycles. The Hall–Kier alpha value is -3.22. The van der Waals surface area contributed by atoms with Gasteiger partial charge in [0.05, 0.1) is 19.9 Å². The van der Waals surface area contributed by atoms with Crippen LogP contribution in [-0.2, 0) is 6.42 Å². The number of ether oxygens (including phenoxy) is 2. The number of nitrogens with zero attached hydrogens (tertiary/aromatic N) is 4. The Kier molecular flexibility index (Phi) is 6.83. The summed E-state index contributed by atoms with van der Waals surface area (Å²) < 4.78 is 13.0. The van der Waals surface area contributed by atoms with Gasteiger partial charge in [0.1, 0.15) is 17.1 Å². The molecule has 2 aromatic heterocycles. The fraction of sp³-hybridized carbons (Fsp3) is 0.440. The van der Waals surface area contributed by atoms with Gasteiger partial charge in [0, 0.05) is 57.0 Å². The van der Waals surface area contributed by atoms with Crippen molar-refractivity contribution in [2.24, 2.45) is 4.99 Å². The molecular weight excluding hydrogens is 402 g/mol. The number of imidazole rings is 1. The lowest BCUT2D eigenvalue weighted by atomic mass is 9.98. The highest BCUT2D eigenvalue weighted by atomic mass is 16.5. The predicted molar refractivity (Wildman–Crippen MR) is 128 cm³/mol. The Balaban J connectivity index is 1.43. The molecule has 1 aliphatic heterocycles. The molecule has 0 spiro atoms. The van der Waals surface area contributed by atoms with Crippen LogP contribution in [0.3, 0.4) is 0 Å². The van der Waals surface area contributed by atoms with Gasteiger partial charge in [-0.05, 0) is 49.6 Å². The van der Waals surface area contributed by atoms with Gasteiger partial charge in [0.2, 0.25) is 0 Å². The number of fused-ring (bicyclic) bond motifs is 1. The van der Waals surface area contributed by atoms with Crippen molar-refractivity contribution in [3.05, 3.63) is 59.5 Å². The fourth-order valence-electron chi connectivity index (χ4n) is 4.32. The molecule has 3 aromatic rings. The first kappa shape index (κ1) is 22.0. The molecule has 7 heteroatoms. The van der Waals surface area contributed by atoms with Gasteiger partial charge in [-0.15, -0.1) is 0 Å². The molecule has 0 bridgehead atoms. The summed E-state index contributed by atoms with van der Waals surface area (Å²) in [6.45, 7) is 7.66. The highest BCUT2D eigenvalue weighted by molar-refractivity contribution is 5.80. The molecule has 0 aliphatic carbocycles. The van der Waals surface area contributed by atoms with Gasteiger partial charge in [-0.3, -0.25) is 4.99 Å². The van der Waals surface area contributed by atoms with Crippen molar-refractivity contribution in [3.63, 3.8) is 0 Å². The summed E-state index contributed by atoms with van der Waals surface area (Å²) in [7, 11) is 3.39. The van der Waals surface area contributed by atoms with Crippen LogP contribution in [0, 0.1) is 6.92 Å². The van der Waals surface area contributed by atoms with E-state index in [0.717, 1.165) is 61.3 Å². The third-order valence-corrected chi connectivity index (χ3v) is 6.03. The summed E-state index contributed by atoms with van der Waals surface area (Å²) in [5, 5.41) is 3.46. The zero-order valence-electron chi connectivity index (χ0n) is 19.5. The van der Waals surface area contributed by atoms with Crippen LogP contribution in [0.4, 0.5) is 0 Å². The molecule has 4 rings (SSSR count). The monoisotopic (exact) mass is 435 g/mol. The second kappa shape index (κ2) is 9.94. The average molecular weight is 436 g/mol. The summed E-state index contributed by atoms with van der Waals surface area (Å²) in [4.78, 5) is 12.0. The van der Waals surface area contributed by atoms with Crippen molar-refractivity contribution in [2.75, 3.05) is 40.4 Å². The van der Waals surface area contributed by atoms with Gasteiger partial charge in [0.25, 0.3) is 0 Å². The average Bonchev–Trinajstić information content (AvgIpc) is 3.46. The minimum atomic E-state index is 0.421. The minimum absolute atomic E-state index is 0.421. The summed E-state index contributed by atoms with van der Waals surface area (Å²) in [5.41, 5.74) is 4.53. The molecular formula is C25H33N5O2. The van der Waals surface area contributed by atoms with E-state index < -0.39 is 0 Å². The van der Waals surface area contributed by atoms with Crippen molar-refractivity contribution in [2.45, 2.75) is 32.6 Å². The lowest BCUT2D eigenvalue weighted by Crippen LogP contribution is -2.40. The zero-order valence-corrected chi connectivity index (χ0v) is 19.5. The molecule has 1 aliphatic rings. The topological polar surface area (TPSA) is 63.4 Å². The number of hydrogen-bond acceptors (Lipinski definition) is 4. The van der Waals surface area contributed by atoms with Gasteiger partial charge in [-0.25, -0.2) is 4.98 Å². The Bertz CT molecular complexity index is 1070. The Morgan fingerprint density at radius 1 is 1.22 bits per heavy atom. The summed E-state index contributed by atoms with van der Waals surface area (Å²) in [6, 6.07) is 10.3. The second-order valence-electron chi connectivity index (χ2n) is 8.22. The maximum absolute atomic E-state index is 5.46. The van der Waals surface area contributed by atoms with E-state index in [4.69, 9.17) is 19.5 Å². The maximum Gasteiger partial charge on any atom is 0.193 e. The number of hydrogen-bond donors (Lipinski definition) is 1. The van der Waals surface area contributed by atoms with Crippen molar-refractivity contribution >= 4 is 11.6 Å². The number of likely N-dealkylation sites (tertiary alicyclic amines) is 1. The number of aryl methyl sites for hydroxylation is 1. The molecule has 170 valence electrons. The SMILES string of the molecule is CCNC(=NCCc1cn2cccc(C)c2n1)N1CCC(c2cc(OC)cc(OC)c2)C1. The van der Waals surface area contributed by atoms with Crippen LogP contribution < -0.4 is 14.8 Å². The van der Waals surface area contributed by atoms with E-state index in [1.54, 1.807) is 14.2 Å². The van der Waals surface area contributed by atoms with E-state index in [1.165, 1.54) is 11.1 Å². The van der Waals surface area contributed by atoms with Crippen LogP contribution in [0.5, 0.6) is 11.5 Å². The van der Waals surface area contributed by atoms with Crippen LogP contribution in [0.2, 0.25) is 0 Å². The number of aromatic nitrogens is 2. The molecule has 32 heavy (non-hydrogen) atoms. The van der Waals surface area contributed by atoms with Crippen molar-refractivity contribution in [3.8, 4) is 11.5 Å². The molecule has 1 fully saturated rings. The Morgan fingerprint density at radius 3 is 2.69 bits per heavy atom. The van der Waals surface area contributed by atoms with Crippen molar-refractivity contribution < 1.29 is 9.47 Å². The van der Waals surface area contributed by atoms with Gasteiger partial charge in [0.15, 0.2) is 5.96 Å². The molecule has 0 amide bonds. The van der Waals surface area contributed by atoms with E-state index in [0.29, 0.717) is 12.5 Å². The molecule has 1 saturated heterocycles. The van der Waals surface area contributed by atoms with E-state index in [2.05, 4.69) is 58.9 Å². The molecule has 0 saturated carbocycles. The number of methoxy groups -OCH3 is 2. The van der Waals surface area contributed by atoms with Crippen LogP contribution in [0.1, 0.15) is 36.1 Å². The van der Waals surface area contributed by atoms with E-state index in [1.807, 2.05) is 12.3 Å². The zero-order chi connectivity index (χ0) is 22.5. The number of pyridine rings is 1. The lowest BCUT2D eigenvalue weighted by molar-refractivity contribution is 0.392. The van der Waals surface area contributed by atoms with Crippen LogP contribution >= 0.6 is 0 Å². The quantitative estimate of drug-likeness (QED) is 0.453. The number of nitrogens with one attached hydrogen (secondary N) is 1. The smallest absolute Gasteiger partial charge is 0.193 e. The first-order chi connectivity index (χ1) is 15.6. The number of aliphatic imine (C=N–C) groups is 1. The highest BCUT2D eigenvalue weighted by Crippen LogP contribution is 2.32. The fourth-order valence-corrected chi connectivity index (χ4v) is 4.32. The third kappa shape index (κ3) is 4.82. The minimum Gasteiger partial charge on any atom is -0.497 e. The van der Waals surface area contributed by atoms with Crippen molar-refractivity contribution in [1.82, 2.24) is 19.6 Å². The van der Waals surface area contributed by atoms with Gasteiger partial charge in [-0.1, -0.05) is 6.07 Å². The highest BCUT2D eigenvalue weighted by Gasteiger charge is 2.27. The molecule has 7 nitrogen and oxygen atoms in total. The Labute approximate surface area is 190 Å². The molecule has 1 N–H and O–H groups in total. The van der Waals surface area contributed by atoms with E-state index >= 15 is 0 Å². The number of rotatable bonds is 7. The third-order valence-electron chi connectivity index (χ3n) is 6.03. The molecule has 1 atom stereocenters. The molecule has 0 radical (unpaired) electrons. The van der Waals surface area contributed by atoms with E-state index in [9.17, 15) is 0 Å². The van der Waals surface area contributed by atoms with E-state index in [-0.39, 0.29) is 0 Å². The number of benzene rings is 1. The first-order valence-electron chi connectivity index (χ1n) is 11.3. The Morgan fingerprint density at radius 2 is 2.00 bits per heavy atom. The van der Waals surface area contributed by atoms with Gasteiger partial charge >= 0.3 is 0 Å².